The third kappa shape index (κ3) is 2.09. The van der Waals surface area contributed by atoms with Crippen molar-refractivity contribution in [2.45, 2.75) is 6.04 Å². The molecule has 1 heterocycles. The van der Waals surface area contributed by atoms with Crippen molar-refractivity contribution in [3.8, 4) is 0 Å². The monoisotopic (exact) mass is 235 g/mol. The van der Waals surface area contributed by atoms with Crippen molar-refractivity contribution in [3.63, 3.8) is 0 Å². The molecular formula is C12H10ClNO2. The van der Waals surface area contributed by atoms with Crippen molar-refractivity contribution in [2.75, 3.05) is 0 Å². The normalized spacial score (nSPS) is 12.3. The van der Waals surface area contributed by atoms with E-state index in [1.54, 1.807) is 53.4 Å². The second-order valence-corrected chi connectivity index (χ2v) is 3.86. The van der Waals surface area contributed by atoms with Crippen LogP contribution in [0.3, 0.4) is 0 Å². The maximum absolute atomic E-state index is 11.2. The molecule has 1 unspecified atom stereocenters. The fraction of sp³-hybridized carbons (Fsp3) is 0.0833. The van der Waals surface area contributed by atoms with Crippen LogP contribution in [0, 0.1) is 0 Å². The number of aromatic nitrogens is 1. The molecule has 1 aromatic heterocycles. The molecule has 2 aromatic rings. The fourth-order valence-electron chi connectivity index (χ4n) is 1.64. The van der Waals surface area contributed by atoms with Gasteiger partial charge in [-0.1, -0.05) is 23.7 Å². The number of aliphatic carboxylic acids is 1. The standard InChI is InChI=1S/C12H10ClNO2/c13-10-5-3-4-9(8-10)11(12(15)16)14-6-1-2-7-14/h1-8,11H,(H,15,16). The molecule has 1 aromatic carbocycles. The summed E-state index contributed by atoms with van der Waals surface area (Å²) in [6.07, 6.45) is 3.44. The Kier molecular flexibility index (Phi) is 2.97. The van der Waals surface area contributed by atoms with Crippen LogP contribution in [-0.2, 0) is 4.79 Å². The van der Waals surface area contributed by atoms with Gasteiger partial charge in [0.1, 0.15) is 0 Å². The summed E-state index contributed by atoms with van der Waals surface area (Å²) in [5.41, 5.74) is 0.663. The zero-order valence-electron chi connectivity index (χ0n) is 8.38. The summed E-state index contributed by atoms with van der Waals surface area (Å²) in [6, 6.07) is 9.75. The highest BCUT2D eigenvalue weighted by molar-refractivity contribution is 6.30. The first-order chi connectivity index (χ1) is 7.68. The topological polar surface area (TPSA) is 42.2 Å². The number of halogens is 1. The molecule has 2 rings (SSSR count). The smallest absolute Gasteiger partial charge is 0.331 e. The van der Waals surface area contributed by atoms with Crippen molar-refractivity contribution >= 4 is 17.6 Å². The lowest BCUT2D eigenvalue weighted by Gasteiger charge is -2.14. The third-order valence-electron chi connectivity index (χ3n) is 2.32. The lowest BCUT2D eigenvalue weighted by atomic mass is 10.1. The minimum atomic E-state index is -0.904. The zero-order chi connectivity index (χ0) is 11.5. The Morgan fingerprint density at radius 3 is 2.50 bits per heavy atom. The van der Waals surface area contributed by atoms with Crippen LogP contribution in [0.1, 0.15) is 11.6 Å². The van der Waals surface area contributed by atoms with Gasteiger partial charge in [0.05, 0.1) is 0 Å². The summed E-state index contributed by atoms with van der Waals surface area (Å²) in [7, 11) is 0. The molecule has 1 atom stereocenters. The molecule has 16 heavy (non-hydrogen) atoms. The first-order valence-electron chi connectivity index (χ1n) is 4.79. The number of hydrogen-bond donors (Lipinski definition) is 1. The van der Waals surface area contributed by atoms with Crippen LogP contribution in [0.25, 0.3) is 0 Å². The molecule has 3 nitrogen and oxygen atoms in total. The first-order valence-corrected chi connectivity index (χ1v) is 5.17. The van der Waals surface area contributed by atoms with Gasteiger partial charge >= 0.3 is 5.97 Å². The largest absolute Gasteiger partial charge is 0.479 e. The van der Waals surface area contributed by atoms with E-state index in [-0.39, 0.29) is 0 Å². The molecule has 0 fully saturated rings. The van der Waals surface area contributed by atoms with Gasteiger partial charge in [0.25, 0.3) is 0 Å². The highest BCUT2D eigenvalue weighted by atomic mass is 35.5. The molecule has 0 saturated carbocycles. The SMILES string of the molecule is O=C(O)C(c1cccc(Cl)c1)n1cccc1. The van der Waals surface area contributed by atoms with E-state index in [4.69, 9.17) is 11.6 Å². The van der Waals surface area contributed by atoms with Crippen LogP contribution >= 0.6 is 11.6 Å². The molecule has 82 valence electrons. The Hall–Kier alpha value is -1.74. The molecular weight excluding hydrogens is 226 g/mol. The van der Waals surface area contributed by atoms with Crippen molar-refractivity contribution in [1.82, 2.24) is 4.57 Å². The number of nitrogens with zero attached hydrogens (tertiary/aromatic N) is 1. The molecule has 0 aliphatic rings. The minimum absolute atomic E-state index is 0.538. The summed E-state index contributed by atoms with van der Waals surface area (Å²) in [4.78, 5) is 11.2. The number of benzene rings is 1. The Morgan fingerprint density at radius 1 is 1.25 bits per heavy atom. The van der Waals surface area contributed by atoms with Crippen LogP contribution in [0.2, 0.25) is 5.02 Å². The molecule has 0 aliphatic carbocycles. The maximum atomic E-state index is 11.2. The fourth-order valence-corrected chi connectivity index (χ4v) is 1.84. The average molecular weight is 236 g/mol. The van der Waals surface area contributed by atoms with Crippen LogP contribution in [0.15, 0.2) is 48.8 Å². The molecule has 0 radical (unpaired) electrons. The second-order valence-electron chi connectivity index (χ2n) is 3.43. The first kappa shape index (κ1) is 10.8. The Labute approximate surface area is 97.9 Å². The van der Waals surface area contributed by atoms with E-state index in [0.717, 1.165) is 0 Å². The molecule has 0 amide bonds. The van der Waals surface area contributed by atoms with Crippen LogP contribution in [0.4, 0.5) is 0 Å². The average Bonchev–Trinajstić information content (AvgIpc) is 2.71. The van der Waals surface area contributed by atoms with Gasteiger partial charge in [-0.2, -0.15) is 0 Å². The maximum Gasteiger partial charge on any atom is 0.331 e. The van der Waals surface area contributed by atoms with Gasteiger partial charge < -0.3 is 9.67 Å². The third-order valence-corrected chi connectivity index (χ3v) is 2.56. The Morgan fingerprint density at radius 2 is 1.94 bits per heavy atom. The number of rotatable bonds is 3. The van der Waals surface area contributed by atoms with Crippen LogP contribution < -0.4 is 0 Å². The van der Waals surface area contributed by atoms with Crippen molar-refractivity contribution < 1.29 is 9.90 Å². The summed E-state index contributed by atoms with van der Waals surface area (Å²) in [5.74, 6) is -0.904. The highest BCUT2D eigenvalue weighted by Crippen LogP contribution is 2.21. The van der Waals surface area contributed by atoms with Crippen molar-refractivity contribution in [2.24, 2.45) is 0 Å². The van der Waals surface area contributed by atoms with Crippen LogP contribution in [0.5, 0.6) is 0 Å². The van der Waals surface area contributed by atoms with Gasteiger partial charge in [-0.3, -0.25) is 0 Å². The van der Waals surface area contributed by atoms with Crippen LogP contribution in [-0.4, -0.2) is 15.6 Å². The van der Waals surface area contributed by atoms with Gasteiger partial charge in [-0.25, -0.2) is 4.79 Å². The molecule has 0 saturated heterocycles. The van der Waals surface area contributed by atoms with Gasteiger partial charge in [0, 0.05) is 17.4 Å². The molecule has 1 N–H and O–H groups in total. The van der Waals surface area contributed by atoms with E-state index in [1.807, 2.05) is 0 Å². The lowest BCUT2D eigenvalue weighted by molar-refractivity contribution is -0.139. The highest BCUT2D eigenvalue weighted by Gasteiger charge is 2.20. The van der Waals surface area contributed by atoms with Gasteiger partial charge in [0.2, 0.25) is 0 Å². The quantitative estimate of drug-likeness (QED) is 0.889. The summed E-state index contributed by atoms with van der Waals surface area (Å²) in [5, 5.41) is 9.76. The molecule has 0 spiro atoms. The van der Waals surface area contributed by atoms with E-state index in [2.05, 4.69) is 0 Å². The number of carboxylic acid groups (broad SMARTS) is 1. The Balaban J connectivity index is 2.45. The van der Waals surface area contributed by atoms with Gasteiger partial charge in [0.15, 0.2) is 6.04 Å². The number of carbonyl (C=O) groups is 1. The van der Waals surface area contributed by atoms with E-state index in [9.17, 15) is 9.90 Å². The summed E-state index contributed by atoms with van der Waals surface area (Å²) in [6.45, 7) is 0. The predicted molar refractivity (Wildman–Crippen MR) is 61.7 cm³/mol. The lowest BCUT2D eigenvalue weighted by Crippen LogP contribution is -2.18. The molecule has 0 aliphatic heterocycles. The van der Waals surface area contributed by atoms with E-state index in [1.165, 1.54) is 0 Å². The molecule has 0 bridgehead atoms. The van der Waals surface area contributed by atoms with Crippen molar-refractivity contribution in [3.05, 3.63) is 59.4 Å². The summed E-state index contributed by atoms with van der Waals surface area (Å²) >= 11 is 5.85. The minimum Gasteiger partial charge on any atom is -0.479 e. The van der Waals surface area contributed by atoms with E-state index >= 15 is 0 Å². The predicted octanol–water partition coefficient (Wildman–Crippen LogP) is 2.82. The zero-order valence-corrected chi connectivity index (χ0v) is 9.13. The number of carboxylic acids is 1. The van der Waals surface area contributed by atoms with Crippen molar-refractivity contribution in [1.29, 1.82) is 0 Å². The Bertz CT molecular complexity index is 493. The van der Waals surface area contributed by atoms with E-state index in [0.29, 0.717) is 10.6 Å². The second kappa shape index (κ2) is 4.41. The van der Waals surface area contributed by atoms with Gasteiger partial charge in [-0.15, -0.1) is 0 Å². The van der Waals surface area contributed by atoms with Gasteiger partial charge in [-0.05, 0) is 29.8 Å². The molecule has 4 heteroatoms. The summed E-state index contributed by atoms with van der Waals surface area (Å²) < 4.78 is 1.63. The number of hydrogen-bond acceptors (Lipinski definition) is 1. The van der Waals surface area contributed by atoms with E-state index < -0.39 is 12.0 Å².